The van der Waals surface area contributed by atoms with E-state index in [-0.39, 0.29) is 11.7 Å². The Morgan fingerprint density at radius 1 is 1.08 bits per heavy atom. The van der Waals surface area contributed by atoms with E-state index in [2.05, 4.69) is 17.1 Å². The fourth-order valence-corrected chi connectivity index (χ4v) is 3.20. The maximum Gasteiger partial charge on any atom is 0.254 e. The topological polar surface area (TPSA) is 46.3 Å². The number of rotatable bonds is 4. The van der Waals surface area contributed by atoms with Gasteiger partial charge in [-0.15, -0.1) is 0 Å². The first-order valence-electron chi connectivity index (χ1n) is 8.75. The van der Waals surface area contributed by atoms with Crippen LogP contribution in [0, 0.1) is 5.82 Å². The van der Waals surface area contributed by atoms with E-state index in [0.29, 0.717) is 25.1 Å². The van der Waals surface area contributed by atoms with Gasteiger partial charge in [-0.3, -0.25) is 4.79 Å². The van der Waals surface area contributed by atoms with Crippen molar-refractivity contribution in [3.05, 3.63) is 88.9 Å². The van der Waals surface area contributed by atoms with Gasteiger partial charge in [0, 0.05) is 24.9 Å². The first kappa shape index (κ1) is 16.5. The Bertz CT molecular complexity index is 904. The van der Waals surface area contributed by atoms with Gasteiger partial charge in [0.1, 0.15) is 11.6 Å². The Morgan fingerprint density at radius 3 is 2.62 bits per heavy atom. The van der Waals surface area contributed by atoms with Crippen LogP contribution in [0.4, 0.5) is 4.39 Å². The van der Waals surface area contributed by atoms with E-state index < -0.39 is 0 Å². The van der Waals surface area contributed by atoms with Gasteiger partial charge in [-0.05, 0) is 36.2 Å². The maximum atomic E-state index is 13.0. The van der Waals surface area contributed by atoms with Crippen molar-refractivity contribution in [3.63, 3.8) is 0 Å². The van der Waals surface area contributed by atoms with Crippen LogP contribution in [0.3, 0.4) is 0 Å². The number of nitrogens with zero attached hydrogens (tertiary/aromatic N) is 2. The molecule has 1 aliphatic heterocycles. The lowest BCUT2D eigenvalue weighted by Gasteiger charge is -2.25. The molecule has 0 spiro atoms. The van der Waals surface area contributed by atoms with Gasteiger partial charge in [-0.1, -0.05) is 30.3 Å². The summed E-state index contributed by atoms with van der Waals surface area (Å²) in [6.07, 6.45) is 2.29. The van der Waals surface area contributed by atoms with Crippen LogP contribution in [0.2, 0.25) is 0 Å². The zero-order chi connectivity index (χ0) is 17.9. The smallest absolute Gasteiger partial charge is 0.254 e. The van der Waals surface area contributed by atoms with Gasteiger partial charge in [0.2, 0.25) is 0 Å². The molecule has 4 nitrogen and oxygen atoms in total. The number of oxazole rings is 1. The summed E-state index contributed by atoms with van der Waals surface area (Å²) >= 11 is 0. The number of carbonyl (C=O) groups excluding carboxylic acids is 1. The molecule has 132 valence electrons. The lowest BCUT2D eigenvalue weighted by molar-refractivity contribution is 0.0719. The third-order valence-electron chi connectivity index (χ3n) is 4.62. The van der Waals surface area contributed by atoms with Crippen LogP contribution in [0.15, 0.2) is 59.0 Å². The van der Waals surface area contributed by atoms with Crippen molar-refractivity contribution in [2.75, 3.05) is 6.54 Å². The zero-order valence-electron chi connectivity index (χ0n) is 14.3. The van der Waals surface area contributed by atoms with E-state index in [4.69, 9.17) is 4.42 Å². The molecule has 0 N–H and O–H groups in total. The predicted molar refractivity (Wildman–Crippen MR) is 95.2 cm³/mol. The van der Waals surface area contributed by atoms with Gasteiger partial charge in [-0.25, -0.2) is 9.37 Å². The zero-order valence-corrected chi connectivity index (χ0v) is 14.3. The molecule has 1 aliphatic rings. The van der Waals surface area contributed by atoms with Crippen molar-refractivity contribution in [1.29, 1.82) is 0 Å². The molecule has 1 aromatic heterocycles. The minimum Gasteiger partial charge on any atom is -0.444 e. The van der Waals surface area contributed by atoms with Crippen molar-refractivity contribution in [1.82, 2.24) is 9.88 Å². The van der Waals surface area contributed by atoms with E-state index in [9.17, 15) is 9.18 Å². The number of aryl methyl sites for hydroxylation is 2. The Balaban J connectivity index is 1.43. The fraction of sp³-hybridized carbons (Fsp3) is 0.238. The molecule has 26 heavy (non-hydrogen) atoms. The quantitative estimate of drug-likeness (QED) is 0.719. The number of hydrogen-bond donors (Lipinski definition) is 0. The lowest BCUT2D eigenvalue weighted by atomic mass is 10.1. The summed E-state index contributed by atoms with van der Waals surface area (Å²) < 4.78 is 18.9. The van der Waals surface area contributed by atoms with Gasteiger partial charge in [0.05, 0.1) is 12.2 Å². The van der Waals surface area contributed by atoms with Gasteiger partial charge in [0.15, 0.2) is 5.89 Å². The average molecular weight is 350 g/mol. The van der Waals surface area contributed by atoms with Gasteiger partial charge in [0.25, 0.3) is 5.91 Å². The van der Waals surface area contributed by atoms with E-state index in [0.717, 1.165) is 30.2 Å². The summed E-state index contributed by atoms with van der Waals surface area (Å²) in [6, 6.07) is 15.9. The van der Waals surface area contributed by atoms with Crippen molar-refractivity contribution in [2.45, 2.75) is 25.8 Å². The summed E-state index contributed by atoms with van der Waals surface area (Å²) in [5.41, 5.74) is 2.67. The highest BCUT2D eigenvalue weighted by Gasteiger charge is 2.26. The molecular formula is C21H19FN2O2. The average Bonchev–Trinajstić information content (AvgIpc) is 3.09. The molecule has 1 amide bonds. The molecule has 0 saturated heterocycles. The second kappa shape index (κ2) is 7.12. The van der Waals surface area contributed by atoms with Crippen LogP contribution in [-0.4, -0.2) is 22.3 Å². The van der Waals surface area contributed by atoms with Gasteiger partial charge in [-0.2, -0.15) is 0 Å². The molecule has 4 rings (SSSR count). The molecule has 2 aromatic carbocycles. The van der Waals surface area contributed by atoms with Crippen LogP contribution >= 0.6 is 0 Å². The van der Waals surface area contributed by atoms with Crippen molar-refractivity contribution >= 4 is 5.91 Å². The Labute approximate surface area is 151 Å². The summed E-state index contributed by atoms with van der Waals surface area (Å²) in [7, 11) is 0. The normalized spacial score (nSPS) is 13.5. The van der Waals surface area contributed by atoms with E-state index >= 15 is 0 Å². The third kappa shape index (κ3) is 3.52. The second-order valence-electron chi connectivity index (χ2n) is 6.45. The number of benzene rings is 2. The van der Waals surface area contributed by atoms with Crippen LogP contribution < -0.4 is 0 Å². The highest BCUT2D eigenvalue weighted by Crippen LogP contribution is 2.22. The Morgan fingerprint density at radius 2 is 1.85 bits per heavy atom. The molecule has 0 bridgehead atoms. The van der Waals surface area contributed by atoms with Crippen molar-refractivity contribution in [2.24, 2.45) is 0 Å². The number of carbonyl (C=O) groups is 1. The van der Waals surface area contributed by atoms with Gasteiger partial charge < -0.3 is 9.32 Å². The first-order valence-corrected chi connectivity index (χ1v) is 8.75. The molecule has 0 atom stereocenters. The fourth-order valence-electron chi connectivity index (χ4n) is 3.20. The van der Waals surface area contributed by atoms with Crippen LogP contribution in [0.1, 0.15) is 33.3 Å². The molecule has 0 fully saturated rings. The van der Waals surface area contributed by atoms with Crippen LogP contribution in [-0.2, 0) is 25.8 Å². The number of hydrogen-bond acceptors (Lipinski definition) is 3. The number of halogens is 1. The van der Waals surface area contributed by atoms with Crippen molar-refractivity contribution < 1.29 is 13.6 Å². The van der Waals surface area contributed by atoms with E-state index in [1.807, 2.05) is 18.2 Å². The highest BCUT2D eigenvalue weighted by atomic mass is 19.1. The third-order valence-corrected chi connectivity index (χ3v) is 4.62. The Hall–Kier alpha value is -2.95. The molecule has 0 unspecified atom stereocenters. The molecule has 0 radical (unpaired) electrons. The largest absolute Gasteiger partial charge is 0.444 e. The maximum absolute atomic E-state index is 13.0. The SMILES string of the molecule is O=C(c1ccc(F)cc1)N1CCc2nc(CCc3ccccc3)oc2C1. The van der Waals surface area contributed by atoms with Gasteiger partial charge >= 0.3 is 0 Å². The first-order chi connectivity index (χ1) is 12.7. The highest BCUT2D eigenvalue weighted by molar-refractivity contribution is 5.94. The number of fused-ring (bicyclic) bond motifs is 1. The molecule has 3 aromatic rings. The van der Waals surface area contributed by atoms with Crippen LogP contribution in [0.5, 0.6) is 0 Å². The lowest BCUT2D eigenvalue weighted by Crippen LogP contribution is -2.35. The summed E-state index contributed by atoms with van der Waals surface area (Å²) in [5, 5.41) is 0. The predicted octanol–water partition coefficient (Wildman–Crippen LogP) is 3.80. The summed E-state index contributed by atoms with van der Waals surface area (Å²) in [6.45, 7) is 0.998. The number of amides is 1. The summed E-state index contributed by atoms with van der Waals surface area (Å²) in [5.74, 6) is 1.02. The standard InChI is InChI=1S/C21H19FN2O2/c22-17-9-7-16(8-10-17)21(25)24-13-12-18-19(14-24)26-20(23-18)11-6-15-4-2-1-3-5-15/h1-5,7-10H,6,11-14H2. The minimum absolute atomic E-state index is 0.113. The minimum atomic E-state index is -0.347. The summed E-state index contributed by atoms with van der Waals surface area (Å²) in [4.78, 5) is 18.9. The van der Waals surface area contributed by atoms with Crippen LogP contribution in [0.25, 0.3) is 0 Å². The molecule has 2 heterocycles. The molecule has 5 heteroatoms. The van der Waals surface area contributed by atoms with E-state index in [1.165, 1.54) is 29.8 Å². The number of aromatic nitrogens is 1. The molecular weight excluding hydrogens is 331 g/mol. The van der Waals surface area contributed by atoms with Crippen molar-refractivity contribution in [3.8, 4) is 0 Å². The Kier molecular flexibility index (Phi) is 4.52. The second-order valence-corrected chi connectivity index (χ2v) is 6.45. The molecule has 0 saturated carbocycles. The monoisotopic (exact) mass is 350 g/mol. The van der Waals surface area contributed by atoms with E-state index in [1.54, 1.807) is 4.90 Å². The molecule has 0 aliphatic carbocycles.